The van der Waals surface area contributed by atoms with Crippen LogP contribution in [0.1, 0.15) is 89.2 Å². The largest absolute Gasteiger partial charge is 0.426 e. The topological polar surface area (TPSA) is 26.3 Å². The molecule has 1 rings (SSSR count). The van der Waals surface area contributed by atoms with Crippen LogP contribution in [0.25, 0.3) is 0 Å². The van der Waals surface area contributed by atoms with Gasteiger partial charge in [0.25, 0.3) is 0 Å². The van der Waals surface area contributed by atoms with Gasteiger partial charge in [-0.15, -0.1) is 0 Å². The Bertz CT molecular complexity index is 495. The summed E-state index contributed by atoms with van der Waals surface area (Å²) in [7, 11) is 0. The Hall–Kier alpha value is -1.02. The fraction of sp³-hybridized carbons (Fsp3) is 0.650. The van der Waals surface area contributed by atoms with Crippen LogP contribution in [0.5, 0.6) is 5.75 Å². The summed E-state index contributed by atoms with van der Waals surface area (Å²) >= 11 is 6.18. The number of aryl methyl sites for hydroxylation is 1. The number of unbranched alkanes of at least 4 members (excludes halogenated alkanes) is 6. The Morgan fingerprint density at radius 3 is 2.30 bits per heavy atom. The van der Waals surface area contributed by atoms with Crippen molar-refractivity contribution < 1.29 is 9.53 Å². The maximum atomic E-state index is 12.1. The van der Waals surface area contributed by atoms with Gasteiger partial charge < -0.3 is 4.74 Å². The molecule has 3 heteroatoms. The monoisotopic (exact) mass is 338 g/mol. The molecule has 0 radical (unpaired) electrons. The summed E-state index contributed by atoms with van der Waals surface area (Å²) < 4.78 is 5.59. The molecule has 0 aliphatic carbocycles. The first-order valence-electron chi connectivity index (χ1n) is 8.96. The number of ether oxygens (including phenoxy) is 1. The fourth-order valence-corrected chi connectivity index (χ4v) is 2.78. The summed E-state index contributed by atoms with van der Waals surface area (Å²) in [6.07, 6.45) is 8.89. The van der Waals surface area contributed by atoms with E-state index in [9.17, 15) is 4.79 Å². The van der Waals surface area contributed by atoms with Crippen molar-refractivity contribution in [1.29, 1.82) is 0 Å². The van der Waals surface area contributed by atoms with Crippen LogP contribution in [0, 0.1) is 6.92 Å². The van der Waals surface area contributed by atoms with Crippen molar-refractivity contribution in [1.82, 2.24) is 0 Å². The number of benzene rings is 1. The lowest BCUT2D eigenvalue weighted by atomic mass is 10.0. The van der Waals surface area contributed by atoms with Gasteiger partial charge in [-0.1, -0.05) is 70.9 Å². The van der Waals surface area contributed by atoms with E-state index in [-0.39, 0.29) is 11.9 Å². The number of halogens is 1. The molecule has 1 aromatic rings. The van der Waals surface area contributed by atoms with Gasteiger partial charge in [0.1, 0.15) is 5.75 Å². The van der Waals surface area contributed by atoms with Crippen molar-refractivity contribution in [3.05, 3.63) is 28.3 Å². The molecule has 23 heavy (non-hydrogen) atoms. The minimum Gasteiger partial charge on any atom is -0.426 e. The van der Waals surface area contributed by atoms with Crippen LogP contribution in [0.15, 0.2) is 12.1 Å². The second kappa shape index (κ2) is 10.7. The molecule has 0 amide bonds. The zero-order chi connectivity index (χ0) is 17.2. The smallest absolute Gasteiger partial charge is 0.311 e. The number of rotatable bonds is 10. The zero-order valence-electron chi connectivity index (χ0n) is 15.1. The molecule has 0 aliphatic heterocycles. The first-order chi connectivity index (χ1) is 11.0. The van der Waals surface area contributed by atoms with Crippen molar-refractivity contribution >= 4 is 17.6 Å². The highest BCUT2D eigenvalue weighted by atomic mass is 35.5. The van der Waals surface area contributed by atoms with Gasteiger partial charge in [0.2, 0.25) is 0 Å². The number of carbonyl (C=O) groups excluding carboxylic acids is 1. The Balaban J connectivity index is 2.44. The quantitative estimate of drug-likeness (QED) is 0.266. The lowest BCUT2D eigenvalue weighted by molar-refractivity contribution is -0.134. The zero-order valence-corrected chi connectivity index (χ0v) is 15.8. The minimum absolute atomic E-state index is 0.137. The number of esters is 1. The molecule has 0 aromatic heterocycles. The second-order valence-electron chi connectivity index (χ2n) is 6.64. The summed E-state index contributed by atoms with van der Waals surface area (Å²) in [4.78, 5) is 12.1. The predicted octanol–water partition coefficient (Wildman–Crippen LogP) is 6.82. The van der Waals surface area contributed by atoms with Crippen LogP contribution in [0.4, 0.5) is 0 Å². The molecule has 130 valence electrons. The van der Waals surface area contributed by atoms with E-state index in [1.807, 2.05) is 19.1 Å². The van der Waals surface area contributed by atoms with Gasteiger partial charge in [-0.3, -0.25) is 4.79 Å². The SMILES string of the molecule is CCCCCCCCCC(=O)Oc1cc(C)c(Cl)cc1C(C)C. The molecular formula is C20H31ClO2. The van der Waals surface area contributed by atoms with Crippen molar-refractivity contribution in [2.45, 2.75) is 85.0 Å². The molecule has 0 spiro atoms. The Labute approximate surface area is 146 Å². The Kier molecular flexibility index (Phi) is 9.31. The summed E-state index contributed by atoms with van der Waals surface area (Å²) in [5.74, 6) is 0.798. The highest BCUT2D eigenvalue weighted by Crippen LogP contribution is 2.32. The van der Waals surface area contributed by atoms with Crippen molar-refractivity contribution in [3.63, 3.8) is 0 Å². The van der Waals surface area contributed by atoms with Gasteiger partial charge in [0.15, 0.2) is 0 Å². The molecule has 1 aromatic carbocycles. The number of hydrogen-bond donors (Lipinski definition) is 0. The summed E-state index contributed by atoms with van der Waals surface area (Å²) in [6.45, 7) is 8.31. The molecule has 0 aliphatic rings. The van der Waals surface area contributed by atoms with Crippen LogP contribution in [-0.2, 0) is 4.79 Å². The molecule has 0 fully saturated rings. The first kappa shape index (κ1) is 20.0. The van der Waals surface area contributed by atoms with Gasteiger partial charge in [-0.05, 0) is 42.5 Å². The summed E-state index contributed by atoms with van der Waals surface area (Å²) in [5.41, 5.74) is 1.93. The van der Waals surface area contributed by atoms with E-state index in [0.717, 1.165) is 29.0 Å². The molecule has 0 N–H and O–H groups in total. The first-order valence-corrected chi connectivity index (χ1v) is 9.34. The van der Waals surface area contributed by atoms with E-state index < -0.39 is 0 Å². The van der Waals surface area contributed by atoms with Crippen LogP contribution < -0.4 is 4.74 Å². The average molecular weight is 339 g/mol. The molecule has 0 atom stereocenters. The maximum absolute atomic E-state index is 12.1. The second-order valence-corrected chi connectivity index (χ2v) is 7.05. The average Bonchev–Trinajstić information content (AvgIpc) is 2.49. The fourth-order valence-electron chi connectivity index (χ4n) is 2.61. The van der Waals surface area contributed by atoms with Crippen LogP contribution in [-0.4, -0.2) is 5.97 Å². The van der Waals surface area contributed by atoms with Crippen molar-refractivity contribution in [2.75, 3.05) is 0 Å². The lowest BCUT2D eigenvalue weighted by Gasteiger charge is -2.14. The highest BCUT2D eigenvalue weighted by molar-refractivity contribution is 6.31. The summed E-state index contributed by atoms with van der Waals surface area (Å²) in [6, 6.07) is 3.79. The van der Waals surface area contributed by atoms with Crippen LogP contribution in [0.3, 0.4) is 0 Å². The van der Waals surface area contributed by atoms with E-state index in [1.54, 1.807) is 0 Å². The van der Waals surface area contributed by atoms with E-state index in [4.69, 9.17) is 16.3 Å². The van der Waals surface area contributed by atoms with Crippen LogP contribution in [0.2, 0.25) is 5.02 Å². The van der Waals surface area contributed by atoms with Crippen LogP contribution >= 0.6 is 11.6 Å². The lowest BCUT2D eigenvalue weighted by Crippen LogP contribution is -2.10. The third-order valence-electron chi connectivity index (χ3n) is 4.12. The number of carbonyl (C=O) groups is 1. The van der Waals surface area contributed by atoms with E-state index in [0.29, 0.717) is 12.2 Å². The Morgan fingerprint density at radius 2 is 1.70 bits per heavy atom. The number of hydrogen-bond acceptors (Lipinski definition) is 2. The highest BCUT2D eigenvalue weighted by Gasteiger charge is 2.14. The molecular weight excluding hydrogens is 308 g/mol. The molecule has 0 heterocycles. The maximum Gasteiger partial charge on any atom is 0.311 e. The molecule has 0 unspecified atom stereocenters. The molecule has 2 nitrogen and oxygen atoms in total. The van der Waals surface area contributed by atoms with E-state index in [2.05, 4.69) is 20.8 Å². The van der Waals surface area contributed by atoms with Gasteiger partial charge in [-0.2, -0.15) is 0 Å². The Morgan fingerprint density at radius 1 is 1.09 bits per heavy atom. The molecule has 0 bridgehead atoms. The minimum atomic E-state index is -0.137. The van der Waals surface area contributed by atoms with Gasteiger partial charge >= 0.3 is 5.97 Å². The third-order valence-corrected chi connectivity index (χ3v) is 4.53. The van der Waals surface area contributed by atoms with Crippen molar-refractivity contribution in [3.8, 4) is 5.75 Å². The predicted molar refractivity (Wildman–Crippen MR) is 98.5 cm³/mol. The van der Waals surface area contributed by atoms with E-state index >= 15 is 0 Å². The van der Waals surface area contributed by atoms with Gasteiger partial charge in [0, 0.05) is 11.4 Å². The molecule has 0 saturated carbocycles. The van der Waals surface area contributed by atoms with Gasteiger partial charge in [-0.25, -0.2) is 0 Å². The normalized spacial score (nSPS) is 11.0. The standard InChI is InChI=1S/C20H31ClO2/c1-5-6-7-8-9-10-11-12-20(22)23-19-13-16(4)18(21)14-17(19)15(2)3/h13-15H,5-12H2,1-4H3. The van der Waals surface area contributed by atoms with Gasteiger partial charge in [0.05, 0.1) is 0 Å². The van der Waals surface area contributed by atoms with Crippen molar-refractivity contribution in [2.24, 2.45) is 0 Å². The molecule has 0 saturated heterocycles. The van der Waals surface area contributed by atoms with E-state index in [1.165, 1.54) is 32.1 Å². The summed E-state index contributed by atoms with van der Waals surface area (Å²) in [5, 5.41) is 0.723. The third kappa shape index (κ3) is 7.39.